The van der Waals surface area contributed by atoms with Gasteiger partial charge in [-0.25, -0.2) is 0 Å². The second kappa shape index (κ2) is 8.02. The summed E-state index contributed by atoms with van der Waals surface area (Å²) in [5.74, 6) is 0.694. The normalized spacial score (nSPS) is 19.7. The van der Waals surface area contributed by atoms with Gasteiger partial charge in [-0.1, -0.05) is 30.3 Å². The number of anilines is 1. The third kappa shape index (κ3) is 4.02. The highest BCUT2D eigenvalue weighted by molar-refractivity contribution is 5.94. The van der Waals surface area contributed by atoms with E-state index in [1.807, 2.05) is 35.2 Å². The van der Waals surface area contributed by atoms with E-state index in [9.17, 15) is 9.59 Å². The van der Waals surface area contributed by atoms with Crippen molar-refractivity contribution in [2.45, 2.75) is 18.9 Å². The van der Waals surface area contributed by atoms with Gasteiger partial charge in [-0.05, 0) is 42.8 Å². The Kier molecular flexibility index (Phi) is 5.30. The van der Waals surface area contributed by atoms with Crippen molar-refractivity contribution in [3.05, 3.63) is 59.7 Å². The molecule has 1 saturated heterocycles. The van der Waals surface area contributed by atoms with Crippen molar-refractivity contribution in [2.24, 2.45) is 0 Å². The highest BCUT2D eigenvalue weighted by Crippen LogP contribution is 2.28. The van der Waals surface area contributed by atoms with Crippen LogP contribution in [0, 0.1) is 0 Å². The van der Waals surface area contributed by atoms with Gasteiger partial charge >= 0.3 is 0 Å². The number of carbonyl (C=O) groups is 2. The smallest absolute Gasteiger partial charge is 0.261 e. The Balaban J connectivity index is 1.43. The van der Waals surface area contributed by atoms with Crippen LogP contribution in [0.1, 0.15) is 23.6 Å². The summed E-state index contributed by atoms with van der Waals surface area (Å²) < 4.78 is 5.81. The van der Waals surface area contributed by atoms with Crippen LogP contribution in [0.25, 0.3) is 0 Å². The maximum atomic E-state index is 12.9. The fourth-order valence-electron chi connectivity index (χ4n) is 3.86. The average molecular weight is 379 g/mol. The summed E-state index contributed by atoms with van der Waals surface area (Å²) in [6.45, 7) is 2.37. The monoisotopic (exact) mass is 379 g/mol. The molecule has 2 amide bonds. The molecular weight excluding hydrogens is 354 g/mol. The third-order valence-electron chi connectivity index (χ3n) is 5.42. The van der Waals surface area contributed by atoms with Crippen LogP contribution >= 0.6 is 0 Å². The molecule has 0 unspecified atom stereocenters. The first-order chi connectivity index (χ1) is 13.6. The summed E-state index contributed by atoms with van der Waals surface area (Å²) >= 11 is 0. The minimum atomic E-state index is -0.00650. The lowest BCUT2D eigenvalue weighted by Gasteiger charge is -2.40. The molecule has 2 heterocycles. The van der Waals surface area contributed by atoms with Crippen LogP contribution in [-0.2, 0) is 16.0 Å². The minimum absolute atomic E-state index is 0.00650. The molecule has 0 spiro atoms. The van der Waals surface area contributed by atoms with Gasteiger partial charge in [0.2, 0.25) is 5.91 Å². The molecule has 1 fully saturated rings. The van der Waals surface area contributed by atoms with E-state index in [0.29, 0.717) is 25.1 Å². The molecule has 0 aromatic heterocycles. The molecule has 2 aromatic rings. The first-order valence-corrected chi connectivity index (χ1v) is 9.69. The molecule has 28 heavy (non-hydrogen) atoms. The number of aryl methyl sites for hydroxylation is 1. The van der Waals surface area contributed by atoms with E-state index >= 15 is 0 Å². The Morgan fingerprint density at radius 1 is 1.14 bits per heavy atom. The van der Waals surface area contributed by atoms with E-state index in [1.165, 1.54) is 0 Å². The number of benzene rings is 2. The van der Waals surface area contributed by atoms with Gasteiger partial charge in [-0.2, -0.15) is 0 Å². The van der Waals surface area contributed by atoms with Crippen molar-refractivity contribution in [1.82, 2.24) is 9.80 Å². The van der Waals surface area contributed by atoms with Crippen molar-refractivity contribution < 1.29 is 14.3 Å². The van der Waals surface area contributed by atoms with Crippen LogP contribution < -0.4 is 10.1 Å². The maximum absolute atomic E-state index is 12.9. The zero-order chi connectivity index (χ0) is 19.5. The fourth-order valence-corrected chi connectivity index (χ4v) is 3.86. The number of piperazine rings is 1. The second-order valence-corrected chi connectivity index (χ2v) is 7.43. The summed E-state index contributed by atoms with van der Waals surface area (Å²) in [7, 11) is 2.08. The summed E-state index contributed by atoms with van der Waals surface area (Å²) in [6.07, 6.45) is 1.18. The number of likely N-dealkylation sites (N-methyl/N-ethyl adjacent to an activating group) is 1. The molecule has 0 saturated carbocycles. The predicted molar refractivity (Wildman–Crippen MR) is 107 cm³/mol. The largest absolute Gasteiger partial charge is 0.484 e. The molecule has 6 nitrogen and oxygen atoms in total. The summed E-state index contributed by atoms with van der Waals surface area (Å²) in [6, 6.07) is 15.8. The molecule has 146 valence electrons. The molecule has 4 rings (SSSR count). The maximum Gasteiger partial charge on any atom is 0.261 e. The fraction of sp³-hybridized carbons (Fsp3) is 0.364. The standard InChI is InChI=1S/C22H25N3O3/c1-24-11-12-25(20(14-24)16-5-3-2-4-6-16)22(27)15-28-18-8-9-19-17(13-18)7-10-21(26)23-19/h2-6,8-9,13,20H,7,10-12,14-15H2,1H3,(H,23,26)/t20-/m0/s1. The van der Waals surface area contributed by atoms with Gasteiger partial charge in [0.1, 0.15) is 5.75 Å². The average Bonchev–Trinajstić information content (AvgIpc) is 2.72. The summed E-state index contributed by atoms with van der Waals surface area (Å²) in [5, 5.41) is 2.86. The number of amides is 2. The van der Waals surface area contributed by atoms with Crippen LogP contribution in [0.5, 0.6) is 5.75 Å². The van der Waals surface area contributed by atoms with Crippen LogP contribution in [0.15, 0.2) is 48.5 Å². The van der Waals surface area contributed by atoms with Gasteiger partial charge in [-0.15, -0.1) is 0 Å². The summed E-state index contributed by atoms with van der Waals surface area (Å²) in [4.78, 5) is 28.6. The van der Waals surface area contributed by atoms with Crippen molar-refractivity contribution in [3.8, 4) is 5.75 Å². The van der Waals surface area contributed by atoms with Gasteiger partial charge in [0.15, 0.2) is 6.61 Å². The van der Waals surface area contributed by atoms with E-state index in [1.54, 1.807) is 6.07 Å². The van der Waals surface area contributed by atoms with Gasteiger partial charge in [0, 0.05) is 31.7 Å². The first kappa shape index (κ1) is 18.5. The summed E-state index contributed by atoms with van der Waals surface area (Å²) in [5.41, 5.74) is 3.02. The lowest BCUT2D eigenvalue weighted by atomic mass is 10.0. The van der Waals surface area contributed by atoms with Gasteiger partial charge in [0.25, 0.3) is 5.91 Å². The van der Waals surface area contributed by atoms with Crippen molar-refractivity contribution in [2.75, 3.05) is 38.6 Å². The molecule has 2 aliphatic heterocycles. The molecular formula is C22H25N3O3. The molecule has 0 bridgehead atoms. The number of nitrogens with zero attached hydrogens (tertiary/aromatic N) is 2. The van der Waals surface area contributed by atoms with Gasteiger partial charge in [0.05, 0.1) is 6.04 Å². The number of rotatable bonds is 4. The van der Waals surface area contributed by atoms with E-state index in [2.05, 4.69) is 29.4 Å². The lowest BCUT2D eigenvalue weighted by Crippen LogP contribution is -2.50. The highest BCUT2D eigenvalue weighted by atomic mass is 16.5. The molecule has 6 heteroatoms. The Morgan fingerprint density at radius 2 is 1.96 bits per heavy atom. The lowest BCUT2D eigenvalue weighted by molar-refractivity contribution is -0.138. The minimum Gasteiger partial charge on any atom is -0.484 e. The molecule has 2 aromatic carbocycles. The van der Waals surface area contributed by atoms with Crippen molar-refractivity contribution in [3.63, 3.8) is 0 Å². The van der Waals surface area contributed by atoms with E-state index in [4.69, 9.17) is 4.74 Å². The number of hydrogen-bond acceptors (Lipinski definition) is 4. The highest BCUT2D eigenvalue weighted by Gasteiger charge is 2.30. The Morgan fingerprint density at radius 3 is 2.79 bits per heavy atom. The van der Waals surface area contributed by atoms with E-state index in [0.717, 1.165) is 29.9 Å². The second-order valence-electron chi connectivity index (χ2n) is 7.43. The molecule has 1 atom stereocenters. The Hall–Kier alpha value is -2.86. The van der Waals surface area contributed by atoms with Crippen molar-refractivity contribution >= 4 is 17.5 Å². The third-order valence-corrected chi connectivity index (χ3v) is 5.42. The quantitative estimate of drug-likeness (QED) is 0.887. The van der Waals surface area contributed by atoms with Crippen LogP contribution in [0.4, 0.5) is 5.69 Å². The molecule has 0 radical (unpaired) electrons. The number of hydrogen-bond donors (Lipinski definition) is 1. The number of nitrogens with one attached hydrogen (secondary N) is 1. The molecule has 0 aliphatic carbocycles. The Bertz CT molecular complexity index is 869. The molecule has 1 N–H and O–H groups in total. The van der Waals surface area contributed by atoms with E-state index < -0.39 is 0 Å². The topological polar surface area (TPSA) is 61.9 Å². The van der Waals surface area contributed by atoms with Crippen molar-refractivity contribution in [1.29, 1.82) is 0 Å². The number of carbonyl (C=O) groups excluding carboxylic acids is 2. The van der Waals surface area contributed by atoms with Crippen LogP contribution in [0.3, 0.4) is 0 Å². The zero-order valence-electron chi connectivity index (χ0n) is 16.1. The number of fused-ring (bicyclic) bond motifs is 1. The Labute approximate surface area is 165 Å². The zero-order valence-corrected chi connectivity index (χ0v) is 16.1. The van der Waals surface area contributed by atoms with Crippen LogP contribution in [-0.4, -0.2) is 54.9 Å². The SMILES string of the molecule is CN1CCN(C(=O)COc2ccc3c(c2)CCC(=O)N3)[C@H](c2ccccc2)C1. The van der Waals surface area contributed by atoms with E-state index in [-0.39, 0.29) is 24.5 Å². The first-order valence-electron chi connectivity index (χ1n) is 9.69. The molecule has 2 aliphatic rings. The van der Waals surface area contributed by atoms with Gasteiger partial charge < -0.3 is 19.9 Å². The predicted octanol–water partition coefficient (Wildman–Crippen LogP) is 2.47. The van der Waals surface area contributed by atoms with Crippen LogP contribution in [0.2, 0.25) is 0 Å². The van der Waals surface area contributed by atoms with Gasteiger partial charge in [-0.3, -0.25) is 9.59 Å². The number of ether oxygens (including phenoxy) is 1.